The Morgan fingerprint density at radius 3 is 2.44 bits per heavy atom. The van der Waals surface area contributed by atoms with E-state index in [4.69, 9.17) is 11.1 Å². The maximum atomic E-state index is 6.91. The zero-order valence-corrected chi connectivity index (χ0v) is 5.65. The zero-order valence-electron chi connectivity index (χ0n) is 5.65. The topological polar surface area (TPSA) is 49.9 Å². The van der Waals surface area contributed by atoms with Crippen molar-refractivity contribution >= 4 is 5.71 Å². The first-order valence-electron chi connectivity index (χ1n) is 2.65. The molecule has 0 unspecified atom stereocenters. The summed E-state index contributed by atoms with van der Waals surface area (Å²) in [6.07, 6.45) is 1.70. The molecule has 0 bridgehead atoms. The van der Waals surface area contributed by atoms with Gasteiger partial charge < -0.3 is 5.73 Å². The second-order valence-electron chi connectivity index (χ2n) is 1.62. The molecule has 0 spiro atoms. The van der Waals surface area contributed by atoms with Gasteiger partial charge in [-0.3, -0.25) is 5.41 Å². The molecule has 2 heteroatoms. The van der Waals surface area contributed by atoms with E-state index in [0.717, 1.165) is 0 Å². The maximum Gasteiger partial charge on any atom is 0.0788 e. The van der Waals surface area contributed by atoms with Crippen molar-refractivity contribution in [3.05, 3.63) is 11.8 Å². The van der Waals surface area contributed by atoms with Crippen LogP contribution in [0.3, 0.4) is 0 Å². The van der Waals surface area contributed by atoms with Crippen LogP contribution in [0.15, 0.2) is 11.8 Å². The van der Waals surface area contributed by atoms with E-state index in [-0.39, 0.29) is 0 Å². The summed E-state index contributed by atoms with van der Waals surface area (Å²) < 4.78 is 0. The van der Waals surface area contributed by atoms with E-state index in [1.807, 2.05) is 6.92 Å². The lowest BCUT2D eigenvalue weighted by molar-refractivity contribution is 1.43. The van der Waals surface area contributed by atoms with Crippen molar-refractivity contribution < 1.29 is 0 Å². The maximum absolute atomic E-state index is 6.91. The Kier molecular flexibility index (Phi) is 3.22. The number of nitrogens with one attached hydrogen (secondary N) is 1. The first-order chi connectivity index (χ1) is 4.16. The standard InChI is InChI=1S/C7H10N2/c1-3-7(9)5-4-6(2)8/h3,8H,9H2,1-2H3/b7-3-,8-6?. The minimum absolute atomic E-state index is 0.333. The van der Waals surface area contributed by atoms with Crippen molar-refractivity contribution in [2.24, 2.45) is 5.73 Å². The van der Waals surface area contributed by atoms with Gasteiger partial charge in [-0.15, -0.1) is 0 Å². The number of rotatable bonds is 0. The molecule has 0 saturated heterocycles. The van der Waals surface area contributed by atoms with Crippen LogP contribution in [0.1, 0.15) is 13.8 Å². The molecule has 0 rings (SSSR count). The van der Waals surface area contributed by atoms with Gasteiger partial charge in [0.2, 0.25) is 0 Å². The fourth-order valence-corrected chi connectivity index (χ4v) is 0.238. The van der Waals surface area contributed by atoms with E-state index in [1.165, 1.54) is 0 Å². The predicted octanol–water partition coefficient (Wildman–Crippen LogP) is 0.892. The molecule has 3 N–H and O–H groups in total. The highest BCUT2D eigenvalue weighted by molar-refractivity contribution is 5.96. The van der Waals surface area contributed by atoms with Gasteiger partial charge in [0.1, 0.15) is 0 Å². The van der Waals surface area contributed by atoms with Crippen LogP contribution >= 0.6 is 0 Å². The smallest absolute Gasteiger partial charge is 0.0788 e. The minimum Gasteiger partial charge on any atom is -0.392 e. The van der Waals surface area contributed by atoms with Crippen LogP contribution in [0.5, 0.6) is 0 Å². The van der Waals surface area contributed by atoms with Crippen LogP contribution in [0.2, 0.25) is 0 Å². The summed E-state index contributed by atoms with van der Waals surface area (Å²) in [4.78, 5) is 0. The summed E-state index contributed by atoms with van der Waals surface area (Å²) in [7, 11) is 0. The molecule has 0 aromatic rings. The monoisotopic (exact) mass is 122 g/mol. The molecule has 48 valence electrons. The molecule has 0 aliphatic rings. The van der Waals surface area contributed by atoms with E-state index in [9.17, 15) is 0 Å². The van der Waals surface area contributed by atoms with E-state index in [1.54, 1.807) is 13.0 Å². The molecular formula is C7H10N2. The third-order valence-electron chi connectivity index (χ3n) is 0.705. The molecule has 0 heterocycles. The Morgan fingerprint density at radius 2 is 2.11 bits per heavy atom. The first-order valence-corrected chi connectivity index (χ1v) is 2.65. The van der Waals surface area contributed by atoms with Gasteiger partial charge in [0.05, 0.1) is 11.4 Å². The van der Waals surface area contributed by atoms with Gasteiger partial charge >= 0.3 is 0 Å². The van der Waals surface area contributed by atoms with Gasteiger partial charge in [-0.25, -0.2) is 0 Å². The minimum atomic E-state index is 0.333. The molecule has 0 atom stereocenters. The first kappa shape index (κ1) is 7.77. The van der Waals surface area contributed by atoms with Gasteiger partial charge in [0.25, 0.3) is 0 Å². The average molecular weight is 122 g/mol. The normalized spacial score (nSPS) is 9.78. The van der Waals surface area contributed by atoms with Gasteiger partial charge in [0, 0.05) is 0 Å². The lowest BCUT2D eigenvalue weighted by atomic mass is 10.3. The van der Waals surface area contributed by atoms with E-state index < -0.39 is 0 Å². The van der Waals surface area contributed by atoms with Crippen LogP contribution < -0.4 is 5.73 Å². The second-order valence-corrected chi connectivity index (χ2v) is 1.62. The average Bonchev–Trinajstić information content (AvgIpc) is 1.83. The van der Waals surface area contributed by atoms with Gasteiger partial charge in [-0.1, -0.05) is 6.08 Å². The van der Waals surface area contributed by atoms with Gasteiger partial charge in [-0.2, -0.15) is 0 Å². The number of nitrogens with two attached hydrogens (primary N) is 1. The van der Waals surface area contributed by atoms with Gasteiger partial charge in [-0.05, 0) is 25.7 Å². The summed E-state index contributed by atoms with van der Waals surface area (Å²) in [5.41, 5.74) is 6.16. The molecule has 0 saturated carbocycles. The van der Waals surface area contributed by atoms with Crippen molar-refractivity contribution in [2.75, 3.05) is 0 Å². The van der Waals surface area contributed by atoms with Crippen LogP contribution in [-0.2, 0) is 0 Å². The predicted molar refractivity (Wildman–Crippen MR) is 39.1 cm³/mol. The molecule has 0 fully saturated rings. The number of hydrogen-bond acceptors (Lipinski definition) is 2. The number of hydrogen-bond donors (Lipinski definition) is 2. The zero-order chi connectivity index (χ0) is 7.28. The molecule has 0 aromatic heterocycles. The summed E-state index contributed by atoms with van der Waals surface area (Å²) in [6.45, 7) is 3.43. The van der Waals surface area contributed by atoms with Crippen molar-refractivity contribution in [1.82, 2.24) is 0 Å². The molecule has 9 heavy (non-hydrogen) atoms. The summed E-state index contributed by atoms with van der Waals surface area (Å²) >= 11 is 0. The molecule has 0 aliphatic carbocycles. The Morgan fingerprint density at radius 1 is 1.56 bits per heavy atom. The van der Waals surface area contributed by atoms with E-state index in [2.05, 4.69) is 11.8 Å². The van der Waals surface area contributed by atoms with E-state index >= 15 is 0 Å². The quantitative estimate of drug-likeness (QED) is 0.364. The Balaban J connectivity index is 4.04. The molecule has 0 aromatic carbocycles. The van der Waals surface area contributed by atoms with Crippen LogP contribution in [-0.4, -0.2) is 5.71 Å². The molecule has 0 amide bonds. The highest BCUT2D eigenvalue weighted by Gasteiger charge is 1.75. The molecule has 0 aliphatic heterocycles. The van der Waals surface area contributed by atoms with Gasteiger partial charge in [0.15, 0.2) is 0 Å². The molecule has 0 radical (unpaired) electrons. The van der Waals surface area contributed by atoms with E-state index in [0.29, 0.717) is 11.4 Å². The lowest BCUT2D eigenvalue weighted by Crippen LogP contribution is -1.92. The second kappa shape index (κ2) is 3.73. The van der Waals surface area contributed by atoms with Crippen LogP contribution in [0, 0.1) is 17.3 Å². The third kappa shape index (κ3) is 4.63. The fourth-order valence-electron chi connectivity index (χ4n) is 0.238. The highest BCUT2D eigenvalue weighted by Crippen LogP contribution is 1.76. The van der Waals surface area contributed by atoms with Crippen LogP contribution in [0.25, 0.3) is 0 Å². The largest absolute Gasteiger partial charge is 0.392 e. The number of allylic oxidation sites excluding steroid dienone is 2. The van der Waals surface area contributed by atoms with Crippen LogP contribution in [0.4, 0.5) is 0 Å². The third-order valence-corrected chi connectivity index (χ3v) is 0.705. The summed E-state index contributed by atoms with van der Waals surface area (Å²) in [5.74, 6) is 5.13. The van der Waals surface area contributed by atoms with Crippen molar-refractivity contribution in [1.29, 1.82) is 5.41 Å². The lowest BCUT2D eigenvalue weighted by Gasteiger charge is -1.81. The van der Waals surface area contributed by atoms with Crippen molar-refractivity contribution in [2.45, 2.75) is 13.8 Å². The Hall–Kier alpha value is -1.23. The highest BCUT2D eigenvalue weighted by atomic mass is 14.5. The summed E-state index contributed by atoms with van der Waals surface area (Å²) in [5, 5.41) is 6.91. The Bertz CT molecular complexity index is 191. The molecule has 2 nitrogen and oxygen atoms in total. The molecular weight excluding hydrogens is 112 g/mol. The SMILES string of the molecule is C/C=C(\N)C#CC(C)=N. The van der Waals surface area contributed by atoms with Crippen molar-refractivity contribution in [3.8, 4) is 11.8 Å². The fraction of sp³-hybridized carbons (Fsp3) is 0.286. The Labute approximate surface area is 55.3 Å². The van der Waals surface area contributed by atoms with Crippen molar-refractivity contribution in [3.63, 3.8) is 0 Å². The summed E-state index contributed by atoms with van der Waals surface area (Å²) in [6, 6.07) is 0.